The third-order valence-electron chi connectivity index (χ3n) is 2.46. The zero-order chi connectivity index (χ0) is 12.2. The fourth-order valence-electron chi connectivity index (χ4n) is 1.40. The molecule has 92 valence electrons. The van der Waals surface area contributed by atoms with Crippen molar-refractivity contribution in [2.24, 2.45) is 5.73 Å². The minimum absolute atomic E-state index is 0.236. The summed E-state index contributed by atoms with van der Waals surface area (Å²) in [5.41, 5.74) is 3.88. The lowest BCUT2D eigenvalue weighted by atomic mass is 10.0. The summed E-state index contributed by atoms with van der Waals surface area (Å²) in [6.45, 7) is 2.59. The average molecular weight is 231 g/mol. The second-order valence-corrected chi connectivity index (χ2v) is 3.98. The molecular weight excluding hydrogens is 214 g/mol. The summed E-state index contributed by atoms with van der Waals surface area (Å²) in [5, 5.41) is 14.7. The lowest BCUT2D eigenvalue weighted by molar-refractivity contribution is -0.121. The quantitative estimate of drug-likeness (QED) is 0.461. The number of nitrogens with two attached hydrogens (primary N) is 1. The topological polar surface area (TPSA) is 114 Å². The van der Waals surface area contributed by atoms with Crippen LogP contribution in [0, 0.1) is 0 Å². The van der Waals surface area contributed by atoms with E-state index in [2.05, 4.69) is 5.32 Å². The minimum atomic E-state index is -0.929. The van der Waals surface area contributed by atoms with Gasteiger partial charge in [-0.2, -0.15) is 0 Å². The molecule has 0 spiro atoms. The molecule has 0 aromatic rings. The Morgan fingerprint density at radius 1 is 1.62 bits per heavy atom. The zero-order valence-electron chi connectivity index (χ0n) is 9.16. The Morgan fingerprint density at radius 2 is 2.31 bits per heavy atom. The van der Waals surface area contributed by atoms with E-state index in [1.54, 1.807) is 6.92 Å². The number of aliphatic hydroxyl groups is 1. The molecule has 0 saturated carbocycles. The number of ether oxygens (including phenoxy) is 1. The summed E-state index contributed by atoms with van der Waals surface area (Å²) in [7, 11) is 0. The van der Waals surface area contributed by atoms with Crippen molar-refractivity contribution in [2.75, 3.05) is 19.8 Å². The Hall–Kier alpha value is -1.18. The predicted molar refractivity (Wildman–Crippen MR) is 55.6 cm³/mol. The van der Waals surface area contributed by atoms with Gasteiger partial charge in [0.2, 0.25) is 5.91 Å². The number of rotatable bonds is 4. The van der Waals surface area contributed by atoms with E-state index in [9.17, 15) is 14.7 Å². The molecule has 0 bridgehead atoms. The van der Waals surface area contributed by atoms with E-state index in [-0.39, 0.29) is 13.2 Å². The number of nitrogens with one attached hydrogen (secondary N) is 2. The second-order valence-electron chi connectivity index (χ2n) is 3.98. The Morgan fingerprint density at radius 3 is 2.81 bits per heavy atom. The summed E-state index contributed by atoms with van der Waals surface area (Å²) >= 11 is 0. The summed E-state index contributed by atoms with van der Waals surface area (Å²) in [6, 6.07) is -1.49. The number of amides is 3. The van der Waals surface area contributed by atoms with E-state index in [1.807, 2.05) is 5.32 Å². The fraction of sp³-hybridized carbons (Fsp3) is 0.778. The average Bonchev–Trinajstić information content (AvgIpc) is 2.61. The van der Waals surface area contributed by atoms with Crippen LogP contribution in [0.4, 0.5) is 4.79 Å². The molecule has 1 fully saturated rings. The summed E-state index contributed by atoms with van der Waals surface area (Å²) in [6.07, 6.45) is 0.532. The highest BCUT2D eigenvalue weighted by Gasteiger charge is 2.32. The van der Waals surface area contributed by atoms with Crippen molar-refractivity contribution in [3.8, 4) is 0 Å². The molecule has 5 N–H and O–H groups in total. The van der Waals surface area contributed by atoms with E-state index >= 15 is 0 Å². The van der Waals surface area contributed by atoms with E-state index < -0.39 is 23.6 Å². The largest absolute Gasteiger partial charge is 0.386 e. The van der Waals surface area contributed by atoms with Gasteiger partial charge in [0.05, 0.1) is 12.6 Å². The van der Waals surface area contributed by atoms with Crippen molar-refractivity contribution in [3.63, 3.8) is 0 Å². The molecule has 7 heteroatoms. The van der Waals surface area contributed by atoms with Gasteiger partial charge in [-0.1, -0.05) is 0 Å². The maximum Gasteiger partial charge on any atom is 0.318 e. The first-order valence-electron chi connectivity index (χ1n) is 5.07. The van der Waals surface area contributed by atoms with Crippen molar-refractivity contribution in [2.45, 2.75) is 25.0 Å². The van der Waals surface area contributed by atoms with Crippen LogP contribution in [0.1, 0.15) is 13.3 Å². The lowest BCUT2D eigenvalue weighted by Gasteiger charge is -2.23. The van der Waals surface area contributed by atoms with Gasteiger partial charge in [0.1, 0.15) is 5.60 Å². The molecule has 1 aliphatic rings. The number of carbonyl (C=O) groups is 2. The molecule has 0 radical (unpaired) electrons. The number of hydrogen-bond acceptors (Lipinski definition) is 5. The van der Waals surface area contributed by atoms with Gasteiger partial charge in [-0.25, -0.2) is 4.79 Å². The molecule has 0 aromatic carbocycles. The molecule has 1 rings (SSSR count). The zero-order valence-corrected chi connectivity index (χ0v) is 9.16. The van der Waals surface area contributed by atoms with Gasteiger partial charge in [0.15, 0.2) is 0 Å². The van der Waals surface area contributed by atoms with Gasteiger partial charge < -0.3 is 20.9 Å². The molecule has 3 amide bonds. The van der Waals surface area contributed by atoms with E-state index in [1.165, 1.54) is 0 Å². The van der Waals surface area contributed by atoms with Gasteiger partial charge in [-0.15, -0.1) is 0 Å². The Kier molecular flexibility index (Phi) is 4.22. The Bertz CT molecular complexity index is 276. The monoisotopic (exact) mass is 231 g/mol. The van der Waals surface area contributed by atoms with Gasteiger partial charge in [-0.3, -0.25) is 10.1 Å². The number of carbonyl (C=O) groups excluding carboxylic acids is 2. The maximum absolute atomic E-state index is 11.3. The second kappa shape index (κ2) is 5.24. The molecule has 0 aliphatic carbocycles. The van der Waals surface area contributed by atoms with Crippen LogP contribution in [0.3, 0.4) is 0 Å². The fourth-order valence-corrected chi connectivity index (χ4v) is 1.40. The van der Waals surface area contributed by atoms with Gasteiger partial charge in [0.25, 0.3) is 0 Å². The van der Waals surface area contributed by atoms with Crippen molar-refractivity contribution in [1.82, 2.24) is 10.6 Å². The molecule has 1 heterocycles. The Balaban J connectivity index is 2.31. The number of imide groups is 1. The van der Waals surface area contributed by atoms with Crippen LogP contribution in [0.15, 0.2) is 0 Å². The Labute approximate surface area is 93.3 Å². The van der Waals surface area contributed by atoms with Crippen molar-refractivity contribution < 1.29 is 19.4 Å². The molecular formula is C9H17N3O4. The first-order chi connectivity index (χ1) is 7.43. The van der Waals surface area contributed by atoms with Gasteiger partial charge in [0, 0.05) is 19.6 Å². The van der Waals surface area contributed by atoms with Crippen LogP contribution in [-0.4, -0.2) is 48.4 Å². The minimum Gasteiger partial charge on any atom is -0.386 e. The van der Waals surface area contributed by atoms with Crippen LogP contribution in [0.25, 0.3) is 0 Å². The third-order valence-corrected chi connectivity index (χ3v) is 2.46. The van der Waals surface area contributed by atoms with Crippen LogP contribution in [-0.2, 0) is 9.53 Å². The molecule has 1 saturated heterocycles. The normalized spacial score (nSPS) is 26.4. The molecule has 2 atom stereocenters. The highest BCUT2D eigenvalue weighted by Crippen LogP contribution is 2.16. The maximum atomic E-state index is 11.3. The van der Waals surface area contributed by atoms with Crippen LogP contribution in [0.5, 0.6) is 0 Å². The predicted octanol–water partition coefficient (Wildman–Crippen LogP) is -1.69. The van der Waals surface area contributed by atoms with Gasteiger partial charge in [-0.05, 0) is 6.92 Å². The summed E-state index contributed by atoms with van der Waals surface area (Å²) in [4.78, 5) is 21.7. The first-order valence-corrected chi connectivity index (χ1v) is 5.07. The molecule has 0 aromatic heterocycles. The molecule has 1 aliphatic heterocycles. The summed E-state index contributed by atoms with van der Waals surface area (Å²) < 4.78 is 5.05. The van der Waals surface area contributed by atoms with Crippen LogP contribution in [0.2, 0.25) is 0 Å². The highest BCUT2D eigenvalue weighted by atomic mass is 16.5. The standard InChI is InChI=1S/C9H17N3O4/c1-6(7(13)12-8(10)14)11-4-9(15)2-3-16-5-9/h6,11,15H,2-5H2,1H3,(H3,10,12,13,14). The molecule has 2 unspecified atom stereocenters. The smallest absolute Gasteiger partial charge is 0.318 e. The van der Waals surface area contributed by atoms with E-state index in [0.29, 0.717) is 13.0 Å². The SMILES string of the molecule is CC(NCC1(O)CCOC1)C(=O)NC(N)=O. The van der Waals surface area contributed by atoms with Crippen molar-refractivity contribution in [1.29, 1.82) is 0 Å². The van der Waals surface area contributed by atoms with E-state index in [4.69, 9.17) is 10.5 Å². The third kappa shape index (κ3) is 3.76. The summed E-state index contributed by atoms with van der Waals surface area (Å²) in [5.74, 6) is -0.519. The number of primary amides is 1. The van der Waals surface area contributed by atoms with Crippen molar-refractivity contribution in [3.05, 3.63) is 0 Å². The highest BCUT2D eigenvalue weighted by molar-refractivity contribution is 5.96. The number of hydrogen-bond donors (Lipinski definition) is 4. The number of urea groups is 1. The molecule has 16 heavy (non-hydrogen) atoms. The van der Waals surface area contributed by atoms with Crippen LogP contribution >= 0.6 is 0 Å². The first kappa shape index (κ1) is 12.9. The molecule has 7 nitrogen and oxygen atoms in total. The van der Waals surface area contributed by atoms with Crippen LogP contribution < -0.4 is 16.4 Å². The van der Waals surface area contributed by atoms with E-state index in [0.717, 1.165) is 0 Å². The van der Waals surface area contributed by atoms with Crippen molar-refractivity contribution >= 4 is 11.9 Å². The lowest BCUT2D eigenvalue weighted by Crippen LogP contribution is -2.51. The van der Waals surface area contributed by atoms with Gasteiger partial charge >= 0.3 is 6.03 Å².